The van der Waals surface area contributed by atoms with Crippen LogP contribution in [0, 0.1) is 0 Å². The Balaban J connectivity index is 0. The highest BCUT2D eigenvalue weighted by Gasteiger charge is 2.11. The van der Waals surface area contributed by atoms with Crippen molar-refractivity contribution in [3.05, 3.63) is 12.7 Å². The van der Waals surface area contributed by atoms with Gasteiger partial charge in [-0.3, -0.25) is 4.55 Å². The summed E-state index contributed by atoms with van der Waals surface area (Å²) in [6.45, 7) is 10.2. The minimum atomic E-state index is -3.87. The van der Waals surface area contributed by atoms with Gasteiger partial charge in [0.1, 0.15) is 5.25 Å². The molecular weight excluding hydrogens is 192 g/mol. The van der Waals surface area contributed by atoms with E-state index < -0.39 is 15.4 Å². The molecule has 0 fully saturated rings. The molecule has 0 aromatic heterocycles. The number of hydrogen-bond acceptors (Lipinski definition) is 3. The van der Waals surface area contributed by atoms with Crippen LogP contribution in [0.4, 0.5) is 0 Å². The summed E-state index contributed by atoms with van der Waals surface area (Å²) in [7, 11) is -3.87. The molecule has 0 bridgehead atoms. The van der Waals surface area contributed by atoms with Crippen LogP contribution in [0.1, 0.15) is 20.8 Å². The molecule has 1 atom stereocenters. The molecule has 0 spiro atoms. The highest BCUT2D eigenvalue weighted by Crippen LogP contribution is 1.95. The van der Waals surface area contributed by atoms with Crippen LogP contribution in [0.2, 0.25) is 0 Å². The fourth-order valence-corrected chi connectivity index (χ4v) is 0.569. The standard InChI is InChI=1S/C4H8O3S.C4H10O/c1-3-4(2)8(5,6)7;1-3-5-4-2/h3-4H,1H2,2H3,(H,5,6,7);3-4H2,1-2H3. The maximum atomic E-state index is 10.0. The van der Waals surface area contributed by atoms with Crippen LogP contribution in [0.3, 0.4) is 0 Å². The van der Waals surface area contributed by atoms with Gasteiger partial charge in [-0.05, 0) is 20.8 Å². The lowest BCUT2D eigenvalue weighted by Gasteiger charge is -1.96. The van der Waals surface area contributed by atoms with Gasteiger partial charge in [-0.1, -0.05) is 6.08 Å². The van der Waals surface area contributed by atoms with E-state index in [2.05, 4.69) is 6.58 Å². The lowest BCUT2D eigenvalue weighted by Crippen LogP contribution is -2.12. The Labute approximate surface area is 80.4 Å². The minimum absolute atomic E-state index is 0.844. The molecule has 0 radical (unpaired) electrons. The first-order valence-electron chi connectivity index (χ1n) is 4.06. The third-order valence-corrected chi connectivity index (χ3v) is 2.34. The van der Waals surface area contributed by atoms with E-state index in [4.69, 9.17) is 9.29 Å². The molecule has 0 heterocycles. The normalized spacial score (nSPS) is 12.6. The van der Waals surface area contributed by atoms with Gasteiger partial charge in [-0.15, -0.1) is 6.58 Å². The predicted molar refractivity (Wildman–Crippen MR) is 53.4 cm³/mol. The maximum Gasteiger partial charge on any atom is 0.271 e. The summed E-state index contributed by atoms with van der Waals surface area (Å²) in [6.07, 6.45) is 1.16. The molecule has 4 nitrogen and oxygen atoms in total. The topological polar surface area (TPSA) is 63.6 Å². The molecule has 0 saturated carbocycles. The van der Waals surface area contributed by atoms with Crippen LogP contribution in [-0.4, -0.2) is 31.4 Å². The number of ether oxygens (including phenoxy) is 1. The first-order valence-corrected chi connectivity index (χ1v) is 5.57. The molecule has 13 heavy (non-hydrogen) atoms. The molecule has 0 saturated heterocycles. The number of hydrogen-bond donors (Lipinski definition) is 1. The van der Waals surface area contributed by atoms with Gasteiger partial charge < -0.3 is 4.74 Å². The molecule has 1 unspecified atom stereocenters. The van der Waals surface area contributed by atoms with E-state index in [1.807, 2.05) is 13.8 Å². The van der Waals surface area contributed by atoms with Crippen molar-refractivity contribution in [1.82, 2.24) is 0 Å². The SMILES string of the molecule is C=CC(C)S(=O)(=O)O.CCOCC. The molecule has 0 aliphatic rings. The molecule has 5 heteroatoms. The van der Waals surface area contributed by atoms with Crippen LogP contribution in [0.15, 0.2) is 12.7 Å². The lowest BCUT2D eigenvalue weighted by atomic mass is 10.5. The van der Waals surface area contributed by atoms with Crippen LogP contribution in [-0.2, 0) is 14.9 Å². The van der Waals surface area contributed by atoms with Crippen molar-refractivity contribution in [2.75, 3.05) is 13.2 Å². The van der Waals surface area contributed by atoms with Gasteiger partial charge >= 0.3 is 0 Å². The first kappa shape index (κ1) is 15.1. The molecule has 0 aliphatic heterocycles. The highest BCUT2D eigenvalue weighted by molar-refractivity contribution is 7.86. The molecule has 0 rings (SSSR count). The Morgan fingerprint density at radius 3 is 1.85 bits per heavy atom. The summed E-state index contributed by atoms with van der Waals surface area (Å²) in [5, 5.41) is -0.859. The van der Waals surface area contributed by atoms with Crippen LogP contribution < -0.4 is 0 Å². The van der Waals surface area contributed by atoms with Crippen LogP contribution >= 0.6 is 0 Å². The van der Waals surface area contributed by atoms with Crippen molar-refractivity contribution in [3.8, 4) is 0 Å². The largest absolute Gasteiger partial charge is 0.382 e. The van der Waals surface area contributed by atoms with E-state index in [0.29, 0.717) is 0 Å². The quantitative estimate of drug-likeness (QED) is 0.564. The molecule has 0 aliphatic carbocycles. The van der Waals surface area contributed by atoms with Crippen molar-refractivity contribution < 1.29 is 17.7 Å². The van der Waals surface area contributed by atoms with Crippen molar-refractivity contribution in [2.45, 2.75) is 26.0 Å². The summed E-state index contributed by atoms with van der Waals surface area (Å²) in [6, 6.07) is 0. The second-order valence-corrected chi connectivity index (χ2v) is 4.01. The summed E-state index contributed by atoms with van der Waals surface area (Å²) >= 11 is 0. The summed E-state index contributed by atoms with van der Waals surface area (Å²) < 4.78 is 33.1. The molecular formula is C8H18O4S. The van der Waals surface area contributed by atoms with Crippen molar-refractivity contribution >= 4 is 10.1 Å². The second-order valence-electron chi connectivity index (χ2n) is 2.24. The van der Waals surface area contributed by atoms with Gasteiger partial charge in [0.05, 0.1) is 0 Å². The number of rotatable bonds is 4. The van der Waals surface area contributed by atoms with Gasteiger partial charge in [0.2, 0.25) is 0 Å². The van der Waals surface area contributed by atoms with E-state index in [0.717, 1.165) is 19.3 Å². The average molecular weight is 210 g/mol. The molecule has 0 aromatic carbocycles. The van der Waals surface area contributed by atoms with Crippen molar-refractivity contribution in [1.29, 1.82) is 0 Å². The van der Waals surface area contributed by atoms with Gasteiger partial charge in [-0.2, -0.15) is 8.42 Å². The highest BCUT2D eigenvalue weighted by atomic mass is 32.2. The van der Waals surface area contributed by atoms with Crippen LogP contribution in [0.5, 0.6) is 0 Å². The zero-order valence-corrected chi connectivity index (χ0v) is 9.17. The van der Waals surface area contributed by atoms with Crippen molar-refractivity contribution in [2.24, 2.45) is 0 Å². The van der Waals surface area contributed by atoms with E-state index in [9.17, 15) is 8.42 Å². The van der Waals surface area contributed by atoms with Gasteiger partial charge in [0, 0.05) is 13.2 Å². The minimum Gasteiger partial charge on any atom is -0.382 e. The molecule has 80 valence electrons. The second kappa shape index (κ2) is 8.22. The Morgan fingerprint density at radius 2 is 1.85 bits per heavy atom. The fraction of sp³-hybridized carbons (Fsp3) is 0.750. The van der Waals surface area contributed by atoms with E-state index in [-0.39, 0.29) is 0 Å². The summed E-state index contributed by atoms with van der Waals surface area (Å²) in [5.41, 5.74) is 0. The van der Waals surface area contributed by atoms with E-state index >= 15 is 0 Å². The molecule has 0 amide bonds. The monoisotopic (exact) mass is 210 g/mol. The molecule has 0 aromatic rings. The first-order chi connectivity index (χ1) is 5.90. The van der Waals surface area contributed by atoms with Gasteiger partial charge in [0.25, 0.3) is 10.1 Å². The van der Waals surface area contributed by atoms with Crippen molar-refractivity contribution in [3.63, 3.8) is 0 Å². The Kier molecular flexibility index (Phi) is 9.55. The fourth-order valence-electron chi connectivity index (χ4n) is 0.326. The third-order valence-electron chi connectivity index (χ3n) is 1.21. The van der Waals surface area contributed by atoms with Gasteiger partial charge in [-0.25, -0.2) is 0 Å². The molecule has 1 N–H and O–H groups in total. The van der Waals surface area contributed by atoms with E-state index in [1.165, 1.54) is 6.92 Å². The lowest BCUT2D eigenvalue weighted by molar-refractivity contribution is 0.162. The third kappa shape index (κ3) is 11.6. The van der Waals surface area contributed by atoms with Crippen LogP contribution in [0.25, 0.3) is 0 Å². The summed E-state index contributed by atoms with van der Waals surface area (Å²) in [5.74, 6) is 0. The zero-order chi connectivity index (χ0) is 10.9. The predicted octanol–water partition coefficient (Wildman–Crippen LogP) is 1.49. The zero-order valence-electron chi connectivity index (χ0n) is 8.36. The van der Waals surface area contributed by atoms with Gasteiger partial charge in [0.15, 0.2) is 0 Å². The maximum absolute atomic E-state index is 10.0. The smallest absolute Gasteiger partial charge is 0.271 e. The summed E-state index contributed by atoms with van der Waals surface area (Å²) in [4.78, 5) is 0. The Hall–Kier alpha value is -0.390. The Bertz CT molecular complexity index is 206. The average Bonchev–Trinajstić information content (AvgIpc) is 2.04. The Morgan fingerprint density at radius 1 is 1.46 bits per heavy atom. The van der Waals surface area contributed by atoms with E-state index in [1.54, 1.807) is 0 Å².